The minimum atomic E-state index is -0.539. The number of halogens is 2. The maximum absolute atomic E-state index is 13.9. The Morgan fingerprint density at radius 2 is 2.24 bits per heavy atom. The summed E-state index contributed by atoms with van der Waals surface area (Å²) in [5, 5.41) is 0.530. The lowest BCUT2D eigenvalue weighted by molar-refractivity contribution is -0.144. The first-order valence-electron chi connectivity index (χ1n) is 5.60. The molecule has 4 heteroatoms. The van der Waals surface area contributed by atoms with Crippen LogP contribution in [0.2, 0.25) is 5.02 Å². The molecule has 1 aliphatic rings. The second-order valence-corrected chi connectivity index (χ2v) is 4.85. The third kappa shape index (κ3) is 2.04. The molecule has 0 N–H and O–H groups in total. The molecule has 0 spiro atoms. The molecule has 0 amide bonds. The van der Waals surface area contributed by atoms with Crippen LogP contribution >= 0.6 is 11.6 Å². The van der Waals surface area contributed by atoms with Crippen molar-refractivity contribution in [1.29, 1.82) is 0 Å². The third-order valence-electron chi connectivity index (χ3n) is 3.43. The molecule has 2 rings (SSSR count). The van der Waals surface area contributed by atoms with Gasteiger partial charge in [0, 0.05) is 10.6 Å². The van der Waals surface area contributed by atoms with Crippen LogP contribution in [-0.4, -0.2) is 13.1 Å². The first-order valence-corrected chi connectivity index (χ1v) is 5.98. The maximum Gasteiger partial charge on any atom is 0.313 e. The largest absolute Gasteiger partial charge is 0.469 e. The van der Waals surface area contributed by atoms with Crippen molar-refractivity contribution < 1.29 is 13.9 Å². The van der Waals surface area contributed by atoms with E-state index in [0.29, 0.717) is 17.0 Å². The van der Waals surface area contributed by atoms with Gasteiger partial charge in [-0.25, -0.2) is 4.39 Å². The van der Waals surface area contributed by atoms with E-state index in [2.05, 4.69) is 0 Å². The summed E-state index contributed by atoms with van der Waals surface area (Å²) in [6, 6.07) is 2.86. The minimum Gasteiger partial charge on any atom is -0.469 e. The number of benzene rings is 1. The standard InChI is InChI=1S/C13H14ClFO2/c1-7-3-4-8-9(14)5-6-10(15)12(8)11(7)13(16)17-2/h5-7,11H,3-4H2,1-2H3/t7-,11?/m1/s1. The van der Waals surface area contributed by atoms with E-state index in [-0.39, 0.29) is 17.7 Å². The molecule has 0 aliphatic heterocycles. The monoisotopic (exact) mass is 256 g/mol. The van der Waals surface area contributed by atoms with Crippen LogP contribution in [0.5, 0.6) is 0 Å². The normalized spacial score (nSPS) is 23.1. The van der Waals surface area contributed by atoms with Gasteiger partial charge in [0.05, 0.1) is 13.0 Å². The SMILES string of the molecule is COC(=O)C1c2c(F)ccc(Cl)c2CC[C@H]1C. The molecule has 1 aromatic carbocycles. The van der Waals surface area contributed by atoms with Crippen molar-refractivity contribution >= 4 is 17.6 Å². The van der Waals surface area contributed by atoms with E-state index >= 15 is 0 Å². The number of esters is 1. The zero-order chi connectivity index (χ0) is 12.6. The van der Waals surface area contributed by atoms with E-state index in [1.54, 1.807) is 6.07 Å². The van der Waals surface area contributed by atoms with Crippen LogP contribution in [0.15, 0.2) is 12.1 Å². The summed E-state index contributed by atoms with van der Waals surface area (Å²) in [4.78, 5) is 11.8. The summed E-state index contributed by atoms with van der Waals surface area (Å²) >= 11 is 6.06. The number of hydrogen-bond acceptors (Lipinski definition) is 2. The van der Waals surface area contributed by atoms with E-state index in [4.69, 9.17) is 16.3 Å². The van der Waals surface area contributed by atoms with Gasteiger partial charge >= 0.3 is 5.97 Å². The number of methoxy groups -OCH3 is 1. The minimum absolute atomic E-state index is 0.0721. The summed E-state index contributed by atoms with van der Waals surface area (Å²) in [7, 11) is 1.33. The molecular formula is C13H14ClFO2. The summed E-state index contributed by atoms with van der Waals surface area (Å²) in [6.07, 6.45) is 1.52. The van der Waals surface area contributed by atoms with Crippen molar-refractivity contribution in [3.8, 4) is 0 Å². The number of fused-ring (bicyclic) bond motifs is 1. The van der Waals surface area contributed by atoms with Gasteiger partial charge in [0.25, 0.3) is 0 Å². The molecule has 1 aliphatic carbocycles. The topological polar surface area (TPSA) is 26.3 Å². The molecule has 0 heterocycles. The number of rotatable bonds is 1. The van der Waals surface area contributed by atoms with E-state index in [1.165, 1.54) is 13.2 Å². The van der Waals surface area contributed by atoms with E-state index in [9.17, 15) is 9.18 Å². The van der Waals surface area contributed by atoms with Gasteiger partial charge < -0.3 is 4.74 Å². The van der Waals surface area contributed by atoms with Crippen LogP contribution in [0.25, 0.3) is 0 Å². The van der Waals surface area contributed by atoms with Gasteiger partial charge in [0.2, 0.25) is 0 Å². The molecule has 2 nitrogen and oxygen atoms in total. The molecule has 0 radical (unpaired) electrons. The Balaban J connectivity index is 2.58. The molecule has 17 heavy (non-hydrogen) atoms. The predicted molar refractivity (Wildman–Crippen MR) is 63.7 cm³/mol. The molecule has 0 saturated heterocycles. The number of carbonyl (C=O) groups excluding carboxylic acids is 1. The Bertz CT molecular complexity index is 459. The van der Waals surface area contributed by atoms with E-state index in [1.807, 2.05) is 6.92 Å². The van der Waals surface area contributed by atoms with E-state index in [0.717, 1.165) is 12.0 Å². The zero-order valence-electron chi connectivity index (χ0n) is 9.80. The van der Waals surface area contributed by atoms with Crippen molar-refractivity contribution in [2.45, 2.75) is 25.7 Å². The van der Waals surface area contributed by atoms with Crippen LogP contribution in [0.4, 0.5) is 4.39 Å². The second kappa shape index (κ2) is 4.65. The van der Waals surface area contributed by atoms with Gasteiger partial charge in [-0.05, 0) is 36.5 Å². The zero-order valence-corrected chi connectivity index (χ0v) is 10.6. The fourth-order valence-electron chi connectivity index (χ4n) is 2.50. The average Bonchev–Trinajstić information content (AvgIpc) is 2.33. The number of hydrogen-bond donors (Lipinski definition) is 0. The molecule has 2 atom stereocenters. The van der Waals surface area contributed by atoms with E-state index < -0.39 is 5.92 Å². The number of carbonyl (C=O) groups is 1. The van der Waals surface area contributed by atoms with Gasteiger partial charge in [-0.2, -0.15) is 0 Å². The molecule has 0 fully saturated rings. The highest BCUT2D eigenvalue weighted by Crippen LogP contribution is 2.41. The molecule has 1 aromatic rings. The second-order valence-electron chi connectivity index (χ2n) is 4.44. The predicted octanol–water partition coefficient (Wildman–Crippen LogP) is 3.32. The van der Waals surface area contributed by atoms with Gasteiger partial charge in [0.1, 0.15) is 5.82 Å². The Kier molecular flexibility index (Phi) is 3.38. The average molecular weight is 257 g/mol. The van der Waals surface area contributed by atoms with Crippen LogP contribution < -0.4 is 0 Å². The summed E-state index contributed by atoms with van der Waals surface area (Å²) in [5.41, 5.74) is 1.17. The van der Waals surface area contributed by atoms with Crippen molar-refractivity contribution in [1.82, 2.24) is 0 Å². The lowest BCUT2D eigenvalue weighted by Gasteiger charge is -2.30. The molecule has 0 bridgehead atoms. The third-order valence-corrected chi connectivity index (χ3v) is 3.79. The highest BCUT2D eigenvalue weighted by Gasteiger charge is 2.36. The van der Waals surface area contributed by atoms with Gasteiger partial charge in [0.15, 0.2) is 0 Å². The molecule has 0 saturated carbocycles. The van der Waals surface area contributed by atoms with Crippen LogP contribution in [0.3, 0.4) is 0 Å². The fraction of sp³-hybridized carbons (Fsp3) is 0.462. The smallest absolute Gasteiger partial charge is 0.313 e. The number of ether oxygens (including phenoxy) is 1. The van der Waals surface area contributed by atoms with Crippen LogP contribution in [-0.2, 0) is 16.0 Å². The quantitative estimate of drug-likeness (QED) is 0.721. The first kappa shape index (κ1) is 12.4. The highest BCUT2D eigenvalue weighted by atomic mass is 35.5. The van der Waals surface area contributed by atoms with Crippen LogP contribution in [0, 0.1) is 11.7 Å². The van der Waals surface area contributed by atoms with Crippen molar-refractivity contribution in [2.24, 2.45) is 5.92 Å². The van der Waals surface area contributed by atoms with Gasteiger partial charge in [-0.1, -0.05) is 18.5 Å². The van der Waals surface area contributed by atoms with Gasteiger partial charge in [-0.3, -0.25) is 4.79 Å². The van der Waals surface area contributed by atoms with Crippen molar-refractivity contribution in [3.63, 3.8) is 0 Å². The van der Waals surface area contributed by atoms with Gasteiger partial charge in [-0.15, -0.1) is 0 Å². The highest BCUT2D eigenvalue weighted by molar-refractivity contribution is 6.31. The Morgan fingerprint density at radius 3 is 2.88 bits per heavy atom. The van der Waals surface area contributed by atoms with Crippen LogP contribution in [0.1, 0.15) is 30.4 Å². The summed E-state index contributed by atoms with van der Waals surface area (Å²) < 4.78 is 18.7. The molecule has 92 valence electrons. The van der Waals surface area contributed by atoms with Crippen molar-refractivity contribution in [2.75, 3.05) is 7.11 Å². The Morgan fingerprint density at radius 1 is 1.53 bits per heavy atom. The molecular weight excluding hydrogens is 243 g/mol. The summed E-state index contributed by atoms with van der Waals surface area (Å²) in [5.74, 6) is -1.23. The lowest BCUT2D eigenvalue weighted by atomic mass is 9.75. The van der Waals surface area contributed by atoms with Crippen molar-refractivity contribution in [3.05, 3.63) is 34.1 Å². The Hall–Kier alpha value is -1.09. The molecule has 0 aromatic heterocycles. The lowest BCUT2D eigenvalue weighted by Crippen LogP contribution is -2.28. The summed E-state index contributed by atoms with van der Waals surface area (Å²) in [6.45, 7) is 1.94. The maximum atomic E-state index is 13.9. The molecule has 1 unspecified atom stereocenters. The first-order chi connectivity index (χ1) is 8.06. The fourth-order valence-corrected chi connectivity index (χ4v) is 2.76. The Labute approximate surface area is 105 Å².